The van der Waals surface area contributed by atoms with E-state index in [1.54, 1.807) is 60.7 Å². The lowest BCUT2D eigenvalue weighted by molar-refractivity contribution is -0.384. The number of aliphatic imine (C=N–C) groups is 1. The van der Waals surface area contributed by atoms with Crippen molar-refractivity contribution in [2.24, 2.45) is 4.99 Å². The van der Waals surface area contributed by atoms with Gasteiger partial charge in [0.1, 0.15) is 22.2 Å². The van der Waals surface area contributed by atoms with Crippen LogP contribution in [0.5, 0.6) is 5.75 Å². The third-order valence-corrected chi connectivity index (χ3v) is 8.70. The van der Waals surface area contributed by atoms with Gasteiger partial charge in [0.15, 0.2) is 0 Å². The summed E-state index contributed by atoms with van der Waals surface area (Å²) in [5.41, 5.74) is 3.14. The van der Waals surface area contributed by atoms with Gasteiger partial charge in [-0.05, 0) is 72.3 Å². The number of amides is 1. The fraction of sp³-hybridized carbons (Fsp3) is 0. The van der Waals surface area contributed by atoms with Gasteiger partial charge in [0, 0.05) is 28.8 Å². The van der Waals surface area contributed by atoms with Crippen molar-refractivity contribution in [1.82, 2.24) is 10.2 Å². The minimum absolute atomic E-state index is 0.0396. The standard InChI is InChI=1S/C36H23N5O7S/c42-36-32(23-24-11-21-30(22-12-24)48-49(45,46)31-9-5-2-6-10-31)37-33(25-7-3-1-4-8-25)40(36)28-17-13-26(14-18-28)34-38-39-35(47-34)27-15-19-29(20-16-27)41(43)44/h1-23H/b32-23-. The van der Waals surface area contributed by atoms with Crippen molar-refractivity contribution in [3.63, 3.8) is 0 Å². The quantitative estimate of drug-likeness (QED) is 0.0690. The number of anilines is 1. The van der Waals surface area contributed by atoms with Crippen LogP contribution in [0.15, 0.2) is 153 Å². The molecular weight excluding hydrogens is 646 g/mol. The third kappa shape index (κ3) is 6.46. The van der Waals surface area contributed by atoms with E-state index in [1.807, 2.05) is 30.3 Å². The molecule has 1 aromatic heterocycles. The zero-order valence-electron chi connectivity index (χ0n) is 25.3. The molecule has 0 N–H and O–H groups in total. The Morgan fingerprint density at radius 3 is 1.88 bits per heavy atom. The molecule has 0 saturated heterocycles. The number of carbonyl (C=O) groups excluding carboxylic acids is 1. The van der Waals surface area contributed by atoms with E-state index in [0.717, 1.165) is 5.56 Å². The summed E-state index contributed by atoms with van der Waals surface area (Å²) in [6.45, 7) is 0. The summed E-state index contributed by atoms with van der Waals surface area (Å²) in [6.07, 6.45) is 1.62. The van der Waals surface area contributed by atoms with Crippen molar-refractivity contribution < 1.29 is 26.7 Å². The first-order chi connectivity index (χ1) is 23.7. The summed E-state index contributed by atoms with van der Waals surface area (Å²) in [5.74, 6) is 0.622. The zero-order chi connectivity index (χ0) is 34.0. The molecule has 13 heteroatoms. The number of amidine groups is 1. The summed E-state index contributed by atoms with van der Waals surface area (Å²) in [7, 11) is -4.00. The van der Waals surface area contributed by atoms with E-state index in [4.69, 9.17) is 13.6 Å². The first-order valence-corrected chi connectivity index (χ1v) is 16.1. The molecule has 0 saturated carbocycles. The van der Waals surface area contributed by atoms with Gasteiger partial charge in [0.25, 0.3) is 11.6 Å². The average molecular weight is 670 g/mol. The molecular formula is C36H23N5O7S. The number of benzene rings is 5. The normalized spacial score (nSPS) is 13.8. The Balaban J connectivity index is 1.13. The lowest BCUT2D eigenvalue weighted by atomic mass is 10.1. The molecule has 1 aliphatic heterocycles. The Hall–Kier alpha value is -6.73. The van der Waals surface area contributed by atoms with Crippen molar-refractivity contribution in [3.05, 3.63) is 160 Å². The second-order valence-electron chi connectivity index (χ2n) is 10.7. The van der Waals surface area contributed by atoms with E-state index >= 15 is 0 Å². The molecule has 0 radical (unpaired) electrons. The highest BCUT2D eigenvalue weighted by molar-refractivity contribution is 7.87. The minimum atomic E-state index is -4.00. The molecule has 0 fully saturated rings. The molecule has 0 spiro atoms. The second-order valence-corrected chi connectivity index (χ2v) is 12.2. The van der Waals surface area contributed by atoms with Crippen LogP contribution in [0, 0.1) is 10.1 Å². The molecule has 7 rings (SSSR count). The number of rotatable bonds is 9. The first kappa shape index (κ1) is 30.9. The maximum atomic E-state index is 13.8. The number of non-ortho nitro benzene ring substituents is 1. The van der Waals surface area contributed by atoms with E-state index in [1.165, 1.54) is 53.4 Å². The number of aromatic nitrogens is 2. The third-order valence-electron chi connectivity index (χ3n) is 7.44. The molecule has 0 atom stereocenters. The molecule has 2 heterocycles. The molecule has 0 aliphatic carbocycles. The van der Waals surface area contributed by atoms with E-state index in [9.17, 15) is 23.3 Å². The van der Waals surface area contributed by atoms with Gasteiger partial charge in [-0.2, -0.15) is 8.42 Å². The van der Waals surface area contributed by atoms with Gasteiger partial charge >= 0.3 is 10.1 Å². The molecule has 1 aliphatic rings. The van der Waals surface area contributed by atoms with Crippen LogP contribution in [0.2, 0.25) is 0 Å². The molecule has 6 aromatic rings. The number of nitrogens with zero attached hydrogens (tertiary/aromatic N) is 5. The van der Waals surface area contributed by atoms with Crippen LogP contribution < -0.4 is 9.08 Å². The number of carbonyl (C=O) groups is 1. The van der Waals surface area contributed by atoms with Gasteiger partial charge in [-0.1, -0.05) is 60.7 Å². The average Bonchev–Trinajstić information content (AvgIpc) is 3.75. The van der Waals surface area contributed by atoms with E-state index in [2.05, 4.69) is 10.2 Å². The van der Waals surface area contributed by atoms with Crippen molar-refractivity contribution in [1.29, 1.82) is 0 Å². The summed E-state index contributed by atoms with van der Waals surface area (Å²) >= 11 is 0. The van der Waals surface area contributed by atoms with Gasteiger partial charge in [-0.25, -0.2) is 4.99 Å². The van der Waals surface area contributed by atoms with Crippen molar-refractivity contribution in [2.45, 2.75) is 4.90 Å². The maximum absolute atomic E-state index is 13.8. The van der Waals surface area contributed by atoms with E-state index in [0.29, 0.717) is 28.2 Å². The monoisotopic (exact) mass is 669 g/mol. The number of hydrogen-bond donors (Lipinski definition) is 0. The summed E-state index contributed by atoms with van der Waals surface area (Å²) in [5, 5.41) is 19.2. The van der Waals surface area contributed by atoms with Crippen LogP contribution in [0.1, 0.15) is 11.1 Å². The predicted molar refractivity (Wildman–Crippen MR) is 181 cm³/mol. The van der Waals surface area contributed by atoms with Crippen LogP contribution in [0.3, 0.4) is 0 Å². The molecule has 240 valence electrons. The van der Waals surface area contributed by atoms with Gasteiger partial charge in [-0.3, -0.25) is 19.8 Å². The van der Waals surface area contributed by atoms with Crippen LogP contribution >= 0.6 is 0 Å². The smallest absolute Gasteiger partial charge is 0.339 e. The highest BCUT2D eigenvalue weighted by Crippen LogP contribution is 2.31. The number of hydrogen-bond acceptors (Lipinski definition) is 10. The highest BCUT2D eigenvalue weighted by Gasteiger charge is 2.32. The zero-order valence-corrected chi connectivity index (χ0v) is 26.1. The maximum Gasteiger partial charge on any atom is 0.339 e. The summed E-state index contributed by atoms with van der Waals surface area (Å²) < 4.78 is 36.3. The molecule has 49 heavy (non-hydrogen) atoms. The summed E-state index contributed by atoms with van der Waals surface area (Å²) in [6, 6.07) is 36.2. The number of nitro groups is 1. The Morgan fingerprint density at radius 2 is 1.29 bits per heavy atom. The highest BCUT2D eigenvalue weighted by atomic mass is 32.2. The second kappa shape index (κ2) is 12.8. The lowest BCUT2D eigenvalue weighted by Crippen LogP contribution is -2.32. The van der Waals surface area contributed by atoms with Crippen molar-refractivity contribution >= 4 is 39.3 Å². The largest absolute Gasteiger partial charge is 0.416 e. The molecule has 0 unspecified atom stereocenters. The number of nitro benzene ring substituents is 1. The van der Waals surface area contributed by atoms with E-state index in [-0.39, 0.29) is 39.7 Å². The van der Waals surface area contributed by atoms with Crippen molar-refractivity contribution in [2.75, 3.05) is 4.90 Å². The van der Waals surface area contributed by atoms with Crippen LogP contribution in [0.25, 0.3) is 29.0 Å². The first-order valence-electron chi connectivity index (χ1n) is 14.7. The van der Waals surface area contributed by atoms with Gasteiger partial charge in [0.2, 0.25) is 11.8 Å². The fourth-order valence-corrected chi connectivity index (χ4v) is 5.96. The molecule has 0 bridgehead atoms. The minimum Gasteiger partial charge on any atom is -0.416 e. The van der Waals surface area contributed by atoms with E-state index < -0.39 is 15.0 Å². The van der Waals surface area contributed by atoms with Crippen molar-refractivity contribution in [3.8, 4) is 28.7 Å². The molecule has 12 nitrogen and oxygen atoms in total. The SMILES string of the molecule is O=C1/C(=C/c2ccc(OS(=O)(=O)c3ccccc3)cc2)N=C(c2ccccc2)N1c1ccc(-c2nnc(-c3ccc([N+](=O)[O-])cc3)o2)cc1. The van der Waals surface area contributed by atoms with Crippen LogP contribution in [0.4, 0.5) is 11.4 Å². The molecule has 1 amide bonds. The van der Waals surface area contributed by atoms with Gasteiger partial charge in [-0.15, -0.1) is 10.2 Å². The predicted octanol–water partition coefficient (Wildman–Crippen LogP) is 6.91. The fourth-order valence-electron chi connectivity index (χ4n) is 5.01. The van der Waals surface area contributed by atoms with Gasteiger partial charge < -0.3 is 8.60 Å². The Morgan fingerprint density at radius 1 is 0.714 bits per heavy atom. The topological polar surface area (TPSA) is 158 Å². The Labute approximate surface area is 279 Å². The van der Waals surface area contributed by atoms with Gasteiger partial charge in [0.05, 0.1) is 10.6 Å². The summed E-state index contributed by atoms with van der Waals surface area (Å²) in [4.78, 5) is 30.6. The van der Waals surface area contributed by atoms with Crippen LogP contribution in [-0.2, 0) is 14.9 Å². The molecule has 5 aromatic carbocycles. The van der Waals surface area contributed by atoms with Crippen LogP contribution in [-0.4, -0.2) is 35.3 Å². The Kier molecular flexibility index (Phi) is 8.08. The Bertz CT molecular complexity index is 2340. The lowest BCUT2D eigenvalue weighted by Gasteiger charge is -2.18.